The molecule has 0 spiro atoms. The summed E-state index contributed by atoms with van der Waals surface area (Å²) < 4.78 is 5.33. The SMILES string of the molecule is CCOC(=O)[C@H](c1ccc(Cl)cc1)N1CCN(CC(=O)N(CCC(N)=O)c2ccccc2)CC1. The van der Waals surface area contributed by atoms with Gasteiger partial charge in [0.1, 0.15) is 6.04 Å². The maximum Gasteiger partial charge on any atom is 0.328 e. The van der Waals surface area contributed by atoms with Crippen LogP contribution in [0.15, 0.2) is 54.6 Å². The average molecular weight is 487 g/mol. The molecule has 0 aliphatic carbocycles. The number of carbonyl (C=O) groups is 3. The summed E-state index contributed by atoms with van der Waals surface area (Å²) in [6.07, 6.45) is 0.0940. The van der Waals surface area contributed by atoms with Crippen LogP contribution >= 0.6 is 11.6 Å². The molecule has 1 atom stereocenters. The maximum absolute atomic E-state index is 13.1. The van der Waals surface area contributed by atoms with Gasteiger partial charge in [0.25, 0.3) is 0 Å². The molecule has 2 amide bonds. The van der Waals surface area contributed by atoms with Crippen molar-refractivity contribution in [3.8, 4) is 0 Å². The predicted molar refractivity (Wildman–Crippen MR) is 131 cm³/mol. The highest BCUT2D eigenvalue weighted by Gasteiger charge is 2.32. The minimum absolute atomic E-state index is 0.0940. The van der Waals surface area contributed by atoms with Gasteiger partial charge in [-0.2, -0.15) is 0 Å². The average Bonchev–Trinajstić information content (AvgIpc) is 2.82. The molecule has 1 saturated heterocycles. The number of hydrogen-bond acceptors (Lipinski definition) is 6. The van der Waals surface area contributed by atoms with Gasteiger partial charge in [-0.3, -0.25) is 19.4 Å². The van der Waals surface area contributed by atoms with Gasteiger partial charge in [-0.25, -0.2) is 4.79 Å². The summed E-state index contributed by atoms with van der Waals surface area (Å²) in [5, 5.41) is 0.606. The number of primary amides is 1. The number of amides is 2. The van der Waals surface area contributed by atoms with E-state index in [0.29, 0.717) is 37.8 Å². The van der Waals surface area contributed by atoms with E-state index in [1.54, 1.807) is 24.0 Å². The first-order chi connectivity index (χ1) is 16.4. The van der Waals surface area contributed by atoms with Crippen LogP contribution < -0.4 is 10.6 Å². The largest absolute Gasteiger partial charge is 0.465 e. The summed E-state index contributed by atoms with van der Waals surface area (Å²) in [4.78, 5) is 42.9. The fourth-order valence-corrected chi connectivity index (χ4v) is 4.17. The second kappa shape index (κ2) is 12.5. The first-order valence-corrected chi connectivity index (χ1v) is 11.8. The van der Waals surface area contributed by atoms with Crippen LogP contribution in [-0.2, 0) is 19.1 Å². The number of anilines is 1. The summed E-state index contributed by atoms with van der Waals surface area (Å²) in [6.45, 7) is 4.99. The topological polar surface area (TPSA) is 96.2 Å². The Bertz CT molecular complexity index is 963. The van der Waals surface area contributed by atoms with E-state index in [-0.39, 0.29) is 31.4 Å². The molecule has 0 bridgehead atoms. The molecular formula is C25H31ClN4O4. The molecule has 34 heavy (non-hydrogen) atoms. The Kier molecular flexibility index (Phi) is 9.44. The van der Waals surface area contributed by atoms with Crippen molar-refractivity contribution in [3.05, 3.63) is 65.2 Å². The smallest absolute Gasteiger partial charge is 0.328 e. The summed E-state index contributed by atoms with van der Waals surface area (Å²) in [6, 6.07) is 16.0. The lowest BCUT2D eigenvalue weighted by Gasteiger charge is -2.38. The van der Waals surface area contributed by atoms with Gasteiger partial charge in [-0.15, -0.1) is 0 Å². The number of hydrogen-bond donors (Lipinski definition) is 1. The molecule has 0 saturated carbocycles. The van der Waals surface area contributed by atoms with Gasteiger partial charge >= 0.3 is 5.97 Å². The second-order valence-electron chi connectivity index (χ2n) is 8.12. The highest BCUT2D eigenvalue weighted by atomic mass is 35.5. The van der Waals surface area contributed by atoms with Crippen molar-refractivity contribution < 1.29 is 19.1 Å². The number of halogens is 1. The second-order valence-corrected chi connectivity index (χ2v) is 8.55. The van der Waals surface area contributed by atoms with E-state index in [1.807, 2.05) is 42.5 Å². The third-order valence-electron chi connectivity index (χ3n) is 5.78. The van der Waals surface area contributed by atoms with E-state index >= 15 is 0 Å². The Labute approximate surface area is 205 Å². The zero-order valence-electron chi connectivity index (χ0n) is 19.4. The van der Waals surface area contributed by atoms with Gasteiger partial charge < -0.3 is 15.4 Å². The van der Waals surface area contributed by atoms with Gasteiger partial charge in [-0.1, -0.05) is 41.9 Å². The normalized spacial score (nSPS) is 15.5. The van der Waals surface area contributed by atoms with Crippen LogP contribution in [0.3, 0.4) is 0 Å². The first kappa shape index (κ1) is 25.7. The summed E-state index contributed by atoms with van der Waals surface area (Å²) >= 11 is 6.02. The lowest BCUT2D eigenvalue weighted by molar-refractivity contribution is -0.151. The lowest BCUT2D eigenvalue weighted by atomic mass is 10.0. The highest BCUT2D eigenvalue weighted by molar-refractivity contribution is 6.30. The molecule has 1 heterocycles. The molecule has 1 fully saturated rings. The van der Waals surface area contributed by atoms with Crippen molar-refractivity contribution in [2.24, 2.45) is 5.73 Å². The Morgan fingerprint density at radius 2 is 1.68 bits per heavy atom. The Balaban J connectivity index is 1.64. The van der Waals surface area contributed by atoms with Crippen molar-refractivity contribution in [1.29, 1.82) is 0 Å². The molecule has 2 aromatic rings. The molecule has 8 nitrogen and oxygen atoms in total. The van der Waals surface area contributed by atoms with E-state index in [2.05, 4.69) is 9.80 Å². The van der Waals surface area contributed by atoms with Crippen molar-refractivity contribution in [2.75, 3.05) is 50.8 Å². The van der Waals surface area contributed by atoms with E-state index < -0.39 is 11.9 Å². The van der Waals surface area contributed by atoms with Gasteiger partial charge in [-0.05, 0) is 36.8 Å². The Morgan fingerprint density at radius 1 is 1.03 bits per heavy atom. The number of piperazine rings is 1. The molecule has 0 unspecified atom stereocenters. The fourth-order valence-electron chi connectivity index (χ4n) is 4.05. The third-order valence-corrected chi connectivity index (χ3v) is 6.03. The zero-order valence-corrected chi connectivity index (χ0v) is 20.1. The molecule has 2 aromatic carbocycles. The monoisotopic (exact) mass is 486 g/mol. The highest BCUT2D eigenvalue weighted by Crippen LogP contribution is 2.25. The molecule has 1 aliphatic heterocycles. The number of benzene rings is 2. The molecule has 3 rings (SSSR count). The van der Waals surface area contributed by atoms with Crippen LogP contribution in [0, 0.1) is 0 Å². The minimum atomic E-state index is -0.522. The van der Waals surface area contributed by atoms with Gasteiger partial charge in [0.05, 0.1) is 13.2 Å². The number of nitrogens with two attached hydrogens (primary N) is 1. The van der Waals surface area contributed by atoms with Crippen LogP contribution in [0.5, 0.6) is 0 Å². The number of nitrogens with zero attached hydrogens (tertiary/aromatic N) is 3. The van der Waals surface area contributed by atoms with E-state index in [1.165, 1.54) is 0 Å². The summed E-state index contributed by atoms with van der Waals surface area (Å²) in [7, 11) is 0. The van der Waals surface area contributed by atoms with Crippen LogP contribution in [0.2, 0.25) is 5.02 Å². The quantitative estimate of drug-likeness (QED) is 0.518. The number of para-hydroxylation sites is 1. The molecule has 1 aliphatic rings. The van der Waals surface area contributed by atoms with E-state index in [9.17, 15) is 14.4 Å². The number of ether oxygens (including phenoxy) is 1. The lowest BCUT2D eigenvalue weighted by Crippen LogP contribution is -2.52. The Morgan fingerprint density at radius 3 is 2.26 bits per heavy atom. The van der Waals surface area contributed by atoms with Crippen molar-refractivity contribution in [3.63, 3.8) is 0 Å². The molecule has 0 aromatic heterocycles. The van der Waals surface area contributed by atoms with Crippen molar-refractivity contribution in [2.45, 2.75) is 19.4 Å². The van der Waals surface area contributed by atoms with Crippen LogP contribution in [0.25, 0.3) is 0 Å². The van der Waals surface area contributed by atoms with Crippen molar-refractivity contribution in [1.82, 2.24) is 9.80 Å². The van der Waals surface area contributed by atoms with Crippen molar-refractivity contribution >= 4 is 35.1 Å². The molecule has 182 valence electrons. The minimum Gasteiger partial charge on any atom is -0.465 e. The maximum atomic E-state index is 13.1. The number of esters is 1. The summed E-state index contributed by atoms with van der Waals surface area (Å²) in [5.74, 6) is -0.842. The van der Waals surface area contributed by atoms with E-state index in [4.69, 9.17) is 22.1 Å². The molecular weight excluding hydrogens is 456 g/mol. The third kappa shape index (κ3) is 7.03. The number of rotatable bonds is 10. The fraction of sp³-hybridized carbons (Fsp3) is 0.400. The van der Waals surface area contributed by atoms with Gasteiger partial charge in [0.15, 0.2) is 0 Å². The molecule has 9 heteroatoms. The summed E-state index contributed by atoms with van der Waals surface area (Å²) in [5.41, 5.74) is 6.87. The molecule has 2 N–H and O–H groups in total. The van der Waals surface area contributed by atoms with Gasteiger partial charge in [0, 0.05) is 49.9 Å². The zero-order chi connectivity index (χ0) is 24.5. The first-order valence-electron chi connectivity index (χ1n) is 11.4. The van der Waals surface area contributed by atoms with Gasteiger partial charge in [0.2, 0.25) is 11.8 Å². The van der Waals surface area contributed by atoms with E-state index in [0.717, 1.165) is 11.3 Å². The predicted octanol–water partition coefficient (Wildman–Crippen LogP) is 2.47. The van der Waals surface area contributed by atoms with Crippen LogP contribution in [-0.4, -0.2) is 73.5 Å². The number of carbonyl (C=O) groups excluding carboxylic acids is 3. The van der Waals surface area contributed by atoms with Crippen LogP contribution in [0.4, 0.5) is 5.69 Å². The Hall–Kier alpha value is -2.94. The molecule has 0 radical (unpaired) electrons. The standard InChI is InChI=1S/C25H31ClN4O4/c1-2-34-25(33)24(19-8-10-20(26)11-9-19)29-16-14-28(15-17-29)18-23(32)30(13-12-22(27)31)21-6-4-3-5-7-21/h3-11,24H,2,12-18H2,1H3,(H2,27,31)/t24-/m0/s1. The van der Waals surface area contributed by atoms with Crippen LogP contribution in [0.1, 0.15) is 24.9 Å².